The van der Waals surface area contributed by atoms with Gasteiger partial charge in [0.05, 0.1) is 18.0 Å². The molecule has 0 saturated carbocycles. The van der Waals surface area contributed by atoms with E-state index >= 15 is 0 Å². The summed E-state index contributed by atoms with van der Waals surface area (Å²) in [7, 11) is 0. The number of rotatable bonds is 4. The first-order chi connectivity index (χ1) is 12.6. The molecule has 2 aliphatic heterocycles. The molecule has 0 spiro atoms. The number of nitrogens with zero attached hydrogens (tertiary/aromatic N) is 1. The zero-order chi connectivity index (χ0) is 18.1. The zero-order valence-corrected chi connectivity index (χ0v) is 14.5. The quantitative estimate of drug-likeness (QED) is 0.887. The lowest BCUT2D eigenvalue weighted by atomic mass is 10.1. The van der Waals surface area contributed by atoms with Gasteiger partial charge in [-0.25, -0.2) is 0 Å². The van der Waals surface area contributed by atoms with Crippen LogP contribution in [0.15, 0.2) is 36.4 Å². The molecule has 0 aromatic heterocycles. The molecule has 4 rings (SSSR count). The van der Waals surface area contributed by atoms with Crippen molar-refractivity contribution in [2.75, 3.05) is 29.9 Å². The number of hydrogen-bond acceptors (Lipinski definition) is 4. The van der Waals surface area contributed by atoms with Gasteiger partial charge < -0.3 is 20.7 Å². The van der Waals surface area contributed by atoms with Crippen LogP contribution in [0.3, 0.4) is 0 Å². The van der Waals surface area contributed by atoms with Crippen molar-refractivity contribution >= 4 is 23.2 Å². The molecule has 0 bridgehead atoms. The van der Waals surface area contributed by atoms with E-state index in [-0.39, 0.29) is 5.91 Å². The fourth-order valence-corrected chi connectivity index (χ4v) is 3.55. The van der Waals surface area contributed by atoms with E-state index in [4.69, 9.17) is 10.5 Å². The van der Waals surface area contributed by atoms with Gasteiger partial charge in [0, 0.05) is 30.6 Å². The van der Waals surface area contributed by atoms with E-state index in [1.807, 2.05) is 18.2 Å². The topological polar surface area (TPSA) is 84.7 Å². The number of ether oxygens (including phenoxy) is 1. The maximum absolute atomic E-state index is 12.8. The highest BCUT2D eigenvalue weighted by Crippen LogP contribution is 2.31. The van der Waals surface area contributed by atoms with Crippen LogP contribution in [0.1, 0.15) is 39.1 Å². The molecule has 0 unspecified atom stereocenters. The molecule has 2 aliphatic rings. The van der Waals surface area contributed by atoms with E-state index < -0.39 is 5.91 Å². The summed E-state index contributed by atoms with van der Waals surface area (Å²) in [4.78, 5) is 26.5. The number of nitrogens with two attached hydrogens (primary N) is 1. The van der Waals surface area contributed by atoms with E-state index in [1.54, 1.807) is 18.2 Å². The number of hydrogen-bond donors (Lipinski definition) is 2. The molecule has 26 heavy (non-hydrogen) atoms. The van der Waals surface area contributed by atoms with Gasteiger partial charge in [0.15, 0.2) is 0 Å². The fraction of sp³-hybridized carbons (Fsp3) is 0.300. The summed E-state index contributed by atoms with van der Waals surface area (Å²) in [6, 6.07) is 10.7. The Bertz CT molecular complexity index is 873. The maximum Gasteiger partial charge on any atom is 0.255 e. The van der Waals surface area contributed by atoms with E-state index in [9.17, 15) is 9.59 Å². The van der Waals surface area contributed by atoms with Crippen molar-refractivity contribution in [2.24, 2.45) is 5.73 Å². The maximum atomic E-state index is 12.8. The molecule has 6 nitrogen and oxygen atoms in total. The molecule has 6 heteroatoms. The van der Waals surface area contributed by atoms with Crippen LogP contribution in [0.4, 0.5) is 11.4 Å². The van der Waals surface area contributed by atoms with E-state index in [0.29, 0.717) is 23.4 Å². The predicted octanol–water partition coefficient (Wildman–Crippen LogP) is 2.57. The third-order valence-electron chi connectivity index (χ3n) is 4.93. The number of amides is 2. The van der Waals surface area contributed by atoms with Gasteiger partial charge in [0.2, 0.25) is 5.91 Å². The second-order valence-corrected chi connectivity index (χ2v) is 6.67. The molecule has 0 atom stereocenters. The van der Waals surface area contributed by atoms with Gasteiger partial charge in [-0.15, -0.1) is 0 Å². The molecule has 1 saturated heterocycles. The number of fused-ring (bicyclic) bond motifs is 1. The summed E-state index contributed by atoms with van der Waals surface area (Å²) < 4.78 is 5.49. The average Bonchev–Trinajstić information content (AvgIpc) is 3.32. The standard InChI is InChI=1S/C20H21N3O3/c21-19(24)14-3-5-17(23-8-1-2-9-23)16(12-14)22-20(25)15-4-6-18-13(11-15)7-10-26-18/h3-6,11-12H,1-2,7-10H2,(H2,21,24)(H,22,25). The Balaban J connectivity index is 1.64. The van der Waals surface area contributed by atoms with E-state index in [1.165, 1.54) is 0 Å². The summed E-state index contributed by atoms with van der Waals surface area (Å²) in [5.74, 6) is 0.125. The van der Waals surface area contributed by atoms with Crippen molar-refractivity contribution < 1.29 is 14.3 Å². The summed E-state index contributed by atoms with van der Waals surface area (Å²) in [5, 5.41) is 2.96. The molecule has 3 N–H and O–H groups in total. The van der Waals surface area contributed by atoms with Crippen LogP contribution in [-0.2, 0) is 6.42 Å². The molecular weight excluding hydrogens is 330 g/mol. The largest absolute Gasteiger partial charge is 0.493 e. The van der Waals surface area contributed by atoms with Crippen molar-refractivity contribution in [3.63, 3.8) is 0 Å². The molecule has 2 amide bonds. The molecule has 0 aliphatic carbocycles. The van der Waals surface area contributed by atoms with Crippen LogP contribution in [0.25, 0.3) is 0 Å². The Labute approximate surface area is 151 Å². The van der Waals surface area contributed by atoms with Crippen molar-refractivity contribution in [3.05, 3.63) is 53.1 Å². The second kappa shape index (κ2) is 6.71. The lowest BCUT2D eigenvalue weighted by molar-refractivity contribution is 0.0996. The summed E-state index contributed by atoms with van der Waals surface area (Å²) in [6.45, 7) is 2.53. The van der Waals surface area contributed by atoms with Gasteiger partial charge in [-0.05, 0) is 54.8 Å². The first-order valence-electron chi connectivity index (χ1n) is 8.88. The Hall–Kier alpha value is -3.02. The van der Waals surface area contributed by atoms with Gasteiger partial charge in [-0.2, -0.15) is 0 Å². The Morgan fingerprint density at radius 1 is 1.04 bits per heavy atom. The number of carbonyl (C=O) groups excluding carboxylic acids is 2. The number of nitrogens with one attached hydrogen (secondary N) is 1. The lowest BCUT2D eigenvalue weighted by Gasteiger charge is -2.22. The summed E-state index contributed by atoms with van der Waals surface area (Å²) in [5.41, 5.74) is 8.95. The molecule has 0 radical (unpaired) electrons. The SMILES string of the molecule is NC(=O)c1ccc(N2CCCC2)c(NC(=O)c2ccc3c(c2)CCO3)c1. The molecule has 2 heterocycles. The molecule has 134 valence electrons. The predicted molar refractivity (Wildman–Crippen MR) is 100 cm³/mol. The normalized spacial score (nSPS) is 15.5. The van der Waals surface area contributed by atoms with Gasteiger partial charge in [0.1, 0.15) is 5.75 Å². The highest BCUT2D eigenvalue weighted by molar-refractivity contribution is 6.07. The third kappa shape index (κ3) is 3.10. The molecule has 2 aromatic rings. The van der Waals surface area contributed by atoms with Crippen LogP contribution in [0.2, 0.25) is 0 Å². The van der Waals surface area contributed by atoms with Crippen LogP contribution in [-0.4, -0.2) is 31.5 Å². The number of anilines is 2. The molecule has 2 aromatic carbocycles. The van der Waals surface area contributed by atoms with Gasteiger partial charge in [-0.3, -0.25) is 9.59 Å². The first kappa shape index (κ1) is 16.4. The number of carbonyl (C=O) groups is 2. The smallest absolute Gasteiger partial charge is 0.255 e. The van der Waals surface area contributed by atoms with E-state index in [0.717, 1.165) is 49.4 Å². The van der Waals surface area contributed by atoms with Crippen molar-refractivity contribution in [2.45, 2.75) is 19.3 Å². The first-order valence-corrected chi connectivity index (χ1v) is 8.88. The summed E-state index contributed by atoms with van der Waals surface area (Å²) >= 11 is 0. The highest BCUT2D eigenvalue weighted by Gasteiger charge is 2.20. The van der Waals surface area contributed by atoms with Crippen LogP contribution < -0.4 is 20.7 Å². The van der Waals surface area contributed by atoms with Crippen LogP contribution in [0.5, 0.6) is 5.75 Å². The van der Waals surface area contributed by atoms with Gasteiger partial charge in [0.25, 0.3) is 5.91 Å². The van der Waals surface area contributed by atoms with Crippen LogP contribution >= 0.6 is 0 Å². The third-order valence-corrected chi connectivity index (χ3v) is 4.93. The van der Waals surface area contributed by atoms with Crippen molar-refractivity contribution in [1.82, 2.24) is 0 Å². The Kier molecular flexibility index (Phi) is 4.24. The molecule has 1 fully saturated rings. The monoisotopic (exact) mass is 351 g/mol. The Morgan fingerprint density at radius 3 is 2.58 bits per heavy atom. The highest BCUT2D eigenvalue weighted by atomic mass is 16.5. The zero-order valence-electron chi connectivity index (χ0n) is 14.5. The van der Waals surface area contributed by atoms with Gasteiger partial charge in [-0.1, -0.05) is 0 Å². The number of benzene rings is 2. The van der Waals surface area contributed by atoms with Crippen molar-refractivity contribution in [3.8, 4) is 5.75 Å². The molecular formula is C20H21N3O3. The summed E-state index contributed by atoms with van der Waals surface area (Å²) in [6.07, 6.45) is 3.05. The second-order valence-electron chi connectivity index (χ2n) is 6.67. The minimum atomic E-state index is -0.511. The van der Waals surface area contributed by atoms with Crippen molar-refractivity contribution in [1.29, 1.82) is 0 Å². The fourth-order valence-electron chi connectivity index (χ4n) is 3.55. The minimum absolute atomic E-state index is 0.207. The average molecular weight is 351 g/mol. The van der Waals surface area contributed by atoms with Crippen LogP contribution in [0, 0.1) is 0 Å². The lowest BCUT2D eigenvalue weighted by Crippen LogP contribution is -2.22. The minimum Gasteiger partial charge on any atom is -0.493 e. The number of primary amides is 1. The van der Waals surface area contributed by atoms with Gasteiger partial charge >= 0.3 is 0 Å². The Morgan fingerprint density at radius 2 is 1.81 bits per heavy atom. The van der Waals surface area contributed by atoms with E-state index in [2.05, 4.69) is 10.2 Å².